The van der Waals surface area contributed by atoms with E-state index < -0.39 is 0 Å². The molecule has 0 aromatic carbocycles. The Morgan fingerprint density at radius 2 is 2.29 bits per heavy atom. The lowest BCUT2D eigenvalue weighted by Crippen LogP contribution is -2.31. The first-order valence-corrected chi connectivity index (χ1v) is 4.61. The van der Waals surface area contributed by atoms with Crippen molar-refractivity contribution in [3.63, 3.8) is 0 Å². The summed E-state index contributed by atoms with van der Waals surface area (Å²) < 4.78 is 2.16. The fraction of sp³-hybridized carbons (Fsp3) is 0.667. The molecule has 1 aromatic heterocycles. The topological polar surface area (TPSA) is 29.9 Å². The zero-order valence-corrected chi connectivity index (χ0v) is 9.69. The Morgan fingerprint density at radius 1 is 1.43 bits per heavy atom. The van der Waals surface area contributed by atoms with Crippen molar-refractivity contribution in [2.24, 2.45) is 5.92 Å². The lowest BCUT2D eigenvalue weighted by atomic mass is 10.00. The van der Waals surface area contributed by atoms with Crippen molar-refractivity contribution in [3.8, 4) is 0 Å². The maximum Gasteiger partial charge on any atom is 0.0946 e. The molecule has 5 heteroatoms. The number of halogens is 2. The number of piperidine rings is 1. The van der Waals surface area contributed by atoms with Crippen molar-refractivity contribution in [2.45, 2.75) is 19.4 Å². The molecule has 1 saturated heterocycles. The first kappa shape index (κ1) is 13.8. The van der Waals surface area contributed by atoms with Gasteiger partial charge in [0.25, 0.3) is 0 Å². The van der Waals surface area contributed by atoms with E-state index in [0.29, 0.717) is 0 Å². The van der Waals surface area contributed by atoms with Crippen LogP contribution in [0.15, 0.2) is 18.7 Å². The van der Waals surface area contributed by atoms with E-state index >= 15 is 0 Å². The highest BCUT2D eigenvalue weighted by atomic mass is 35.5. The lowest BCUT2D eigenvalue weighted by Gasteiger charge is -2.22. The largest absolute Gasteiger partial charge is 0.337 e. The number of hydrogen-bond donors (Lipinski definition) is 1. The standard InChI is InChI=1S/C9H15N3.2ClH/c1-2-9(6-10-3-1)7-12-5-4-11-8-12;;/h4-5,8-10H,1-3,6-7H2;2*1H. The molecular formula is C9H17Cl2N3. The Kier molecular flexibility index (Phi) is 6.97. The number of nitrogens with zero attached hydrogens (tertiary/aromatic N) is 2. The Balaban J connectivity index is 0.000000845. The second-order valence-corrected chi connectivity index (χ2v) is 3.47. The number of hydrogen-bond acceptors (Lipinski definition) is 2. The van der Waals surface area contributed by atoms with Crippen LogP contribution in [-0.4, -0.2) is 22.6 Å². The van der Waals surface area contributed by atoms with E-state index in [1.165, 1.54) is 19.4 Å². The molecular weight excluding hydrogens is 221 g/mol. The van der Waals surface area contributed by atoms with E-state index in [1.54, 1.807) is 0 Å². The van der Waals surface area contributed by atoms with Gasteiger partial charge in [0.15, 0.2) is 0 Å². The molecule has 1 aliphatic rings. The van der Waals surface area contributed by atoms with Crippen LogP contribution in [0.25, 0.3) is 0 Å². The molecule has 0 radical (unpaired) electrons. The van der Waals surface area contributed by atoms with Crippen molar-refractivity contribution in [3.05, 3.63) is 18.7 Å². The SMILES string of the molecule is Cl.Cl.c1cn(CC2CCCNC2)cn1. The van der Waals surface area contributed by atoms with E-state index in [-0.39, 0.29) is 24.8 Å². The predicted octanol–water partition coefficient (Wildman–Crippen LogP) is 1.73. The molecule has 0 saturated carbocycles. The van der Waals surface area contributed by atoms with Crippen molar-refractivity contribution in [2.75, 3.05) is 13.1 Å². The van der Waals surface area contributed by atoms with Crippen LogP contribution in [0.4, 0.5) is 0 Å². The van der Waals surface area contributed by atoms with Crippen LogP contribution in [0.3, 0.4) is 0 Å². The molecule has 1 atom stereocenters. The quantitative estimate of drug-likeness (QED) is 0.850. The molecule has 0 amide bonds. The zero-order chi connectivity index (χ0) is 8.23. The third-order valence-electron chi connectivity index (χ3n) is 2.43. The molecule has 0 bridgehead atoms. The van der Waals surface area contributed by atoms with E-state index in [1.807, 2.05) is 18.7 Å². The van der Waals surface area contributed by atoms with Gasteiger partial charge in [-0.2, -0.15) is 0 Å². The Morgan fingerprint density at radius 3 is 2.86 bits per heavy atom. The highest BCUT2D eigenvalue weighted by Gasteiger charge is 2.12. The summed E-state index contributed by atoms with van der Waals surface area (Å²) in [5.74, 6) is 0.799. The Bertz CT molecular complexity index is 220. The monoisotopic (exact) mass is 237 g/mol. The summed E-state index contributed by atoms with van der Waals surface area (Å²) >= 11 is 0. The number of nitrogens with one attached hydrogen (secondary N) is 1. The second-order valence-electron chi connectivity index (χ2n) is 3.47. The molecule has 1 aliphatic heterocycles. The van der Waals surface area contributed by atoms with Gasteiger partial charge in [-0.3, -0.25) is 0 Å². The van der Waals surface area contributed by atoms with Gasteiger partial charge in [-0.05, 0) is 31.8 Å². The van der Waals surface area contributed by atoms with Gasteiger partial charge in [0, 0.05) is 18.9 Å². The minimum absolute atomic E-state index is 0. The van der Waals surface area contributed by atoms with E-state index in [9.17, 15) is 0 Å². The minimum Gasteiger partial charge on any atom is -0.337 e. The third kappa shape index (κ3) is 3.86. The van der Waals surface area contributed by atoms with Gasteiger partial charge in [0.2, 0.25) is 0 Å². The number of rotatable bonds is 2. The van der Waals surface area contributed by atoms with Gasteiger partial charge in [0.1, 0.15) is 0 Å². The van der Waals surface area contributed by atoms with Gasteiger partial charge in [0.05, 0.1) is 6.33 Å². The van der Waals surface area contributed by atoms with Crippen molar-refractivity contribution in [1.82, 2.24) is 14.9 Å². The fourth-order valence-electron chi connectivity index (χ4n) is 1.77. The number of imidazole rings is 1. The maximum atomic E-state index is 4.03. The summed E-state index contributed by atoms with van der Waals surface area (Å²) in [6, 6.07) is 0. The molecule has 1 N–H and O–H groups in total. The fourth-order valence-corrected chi connectivity index (χ4v) is 1.77. The van der Waals surface area contributed by atoms with Crippen LogP contribution in [0.2, 0.25) is 0 Å². The van der Waals surface area contributed by atoms with Crippen LogP contribution in [-0.2, 0) is 6.54 Å². The van der Waals surface area contributed by atoms with Crippen LogP contribution in [0.1, 0.15) is 12.8 Å². The van der Waals surface area contributed by atoms with Crippen molar-refractivity contribution in [1.29, 1.82) is 0 Å². The second kappa shape index (κ2) is 7.10. The summed E-state index contributed by atoms with van der Waals surface area (Å²) in [5, 5.41) is 3.41. The summed E-state index contributed by atoms with van der Waals surface area (Å²) in [5.41, 5.74) is 0. The first-order valence-electron chi connectivity index (χ1n) is 4.61. The molecule has 14 heavy (non-hydrogen) atoms. The zero-order valence-electron chi connectivity index (χ0n) is 8.06. The Labute approximate surface area is 97.1 Å². The van der Waals surface area contributed by atoms with E-state index in [4.69, 9.17) is 0 Å². The van der Waals surface area contributed by atoms with Crippen LogP contribution < -0.4 is 5.32 Å². The van der Waals surface area contributed by atoms with Crippen LogP contribution in [0, 0.1) is 5.92 Å². The summed E-state index contributed by atoms with van der Waals surface area (Å²) in [7, 11) is 0. The van der Waals surface area contributed by atoms with Gasteiger partial charge in [-0.1, -0.05) is 0 Å². The minimum atomic E-state index is 0. The average Bonchev–Trinajstić information content (AvgIpc) is 2.59. The van der Waals surface area contributed by atoms with Gasteiger partial charge >= 0.3 is 0 Å². The normalized spacial score (nSPS) is 20.7. The molecule has 1 fully saturated rings. The molecule has 2 rings (SSSR count). The smallest absolute Gasteiger partial charge is 0.0946 e. The maximum absolute atomic E-state index is 4.03. The molecule has 82 valence electrons. The molecule has 0 aliphatic carbocycles. The predicted molar refractivity (Wildman–Crippen MR) is 62.3 cm³/mol. The first-order chi connectivity index (χ1) is 5.95. The number of aromatic nitrogens is 2. The molecule has 0 spiro atoms. The van der Waals surface area contributed by atoms with E-state index in [2.05, 4.69) is 14.9 Å². The summed E-state index contributed by atoms with van der Waals surface area (Å²) in [6.45, 7) is 3.48. The molecule has 3 nitrogen and oxygen atoms in total. The highest BCUT2D eigenvalue weighted by molar-refractivity contribution is 5.85. The van der Waals surface area contributed by atoms with Crippen molar-refractivity contribution >= 4 is 24.8 Å². The summed E-state index contributed by atoms with van der Waals surface area (Å²) in [6.07, 6.45) is 8.45. The lowest BCUT2D eigenvalue weighted by molar-refractivity contribution is 0.337. The highest BCUT2D eigenvalue weighted by Crippen LogP contribution is 2.11. The Hall–Kier alpha value is -0.250. The molecule has 2 heterocycles. The summed E-state index contributed by atoms with van der Waals surface area (Å²) in [4.78, 5) is 4.03. The van der Waals surface area contributed by atoms with Gasteiger partial charge in [-0.15, -0.1) is 24.8 Å². The van der Waals surface area contributed by atoms with Gasteiger partial charge in [-0.25, -0.2) is 4.98 Å². The van der Waals surface area contributed by atoms with Crippen LogP contribution in [0.5, 0.6) is 0 Å². The van der Waals surface area contributed by atoms with E-state index in [0.717, 1.165) is 19.0 Å². The van der Waals surface area contributed by atoms with Crippen molar-refractivity contribution < 1.29 is 0 Å². The average molecular weight is 238 g/mol. The van der Waals surface area contributed by atoms with Crippen LogP contribution >= 0.6 is 24.8 Å². The molecule has 1 aromatic rings. The third-order valence-corrected chi connectivity index (χ3v) is 2.43. The van der Waals surface area contributed by atoms with Gasteiger partial charge < -0.3 is 9.88 Å². The molecule has 1 unspecified atom stereocenters.